The van der Waals surface area contributed by atoms with Crippen molar-refractivity contribution in [3.8, 4) is 11.8 Å². The Morgan fingerprint density at radius 2 is 2.24 bits per heavy atom. The molecule has 4 nitrogen and oxygen atoms in total. The molecule has 0 saturated carbocycles. The zero-order valence-electron chi connectivity index (χ0n) is 9.00. The molecule has 0 aliphatic rings. The van der Waals surface area contributed by atoms with Gasteiger partial charge in [-0.05, 0) is 12.1 Å². The van der Waals surface area contributed by atoms with E-state index in [1.165, 1.54) is 0 Å². The largest absolute Gasteiger partial charge is 0.490 e. The highest BCUT2D eigenvalue weighted by Crippen LogP contribution is 2.16. The molecule has 1 aromatic carbocycles. The van der Waals surface area contributed by atoms with Crippen LogP contribution < -0.4 is 9.61 Å². The van der Waals surface area contributed by atoms with Crippen LogP contribution in [0.25, 0.3) is 0 Å². The number of thiazole rings is 1. The third kappa shape index (κ3) is 2.74. The molecule has 0 radical (unpaired) electrons. The summed E-state index contributed by atoms with van der Waals surface area (Å²) in [5.74, 6) is 0.554. The summed E-state index contributed by atoms with van der Waals surface area (Å²) in [6.45, 7) is 0.859. The summed E-state index contributed by atoms with van der Waals surface area (Å²) < 4.78 is 7.06. The smallest absolute Gasteiger partial charge is 0.307 e. The summed E-state index contributed by atoms with van der Waals surface area (Å²) in [6, 6.07) is 9.10. The van der Waals surface area contributed by atoms with Gasteiger partial charge in [-0.25, -0.2) is 0 Å². The Bertz CT molecular complexity index is 595. The Kier molecular flexibility index (Phi) is 3.58. The molecule has 0 fully saturated rings. The molecule has 2 rings (SSSR count). The van der Waals surface area contributed by atoms with E-state index >= 15 is 0 Å². The zero-order valence-corrected chi connectivity index (χ0v) is 9.81. The average Bonchev–Trinajstić information content (AvgIpc) is 2.76. The molecule has 0 aliphatic heterocycles. The van der Waals surface area contributed by atoms with Gasteiger partial charge in [0.15, 0.2) is 0 Å². The number of hydrogen-bond donors (Lipinski definition) is 0. The highest BCUT2D eigenvalue weighted by Gasteiger charge is 2.02. The third-order valence-electron chi connectivity index (χ3n) is 2.24. The normalized spacial score (nSPS) is 9.82. The van der Waals surface area contributed by atoms with Crippen LogP contribution in [0, 0.1) is 11.3 Å². The molecule has 86 valence electrons. The van der Waals surface area contributed by atoms with E-state index in [-0.39, 0.29) is 4.87 Å². The number of nitrogens with zero attached hydrogens (tertiary/aromatic N) is 2. The Morgan fingerprint density at radius 1 is 1.41 bits per heavy atom. The second-order valence-corrected chi connectivity index (χ2v) is 4.18. The lowest BCUT2D eigenvalue weighted by molar-refractivity contribution is 0.296. The van der Waals surface area contributed by atoms with Crippen molar-refractivity contribution in [3.63, 3.8) is 0 Å². The molecule has 0 atom stereocenters. The van der Waals surface area contributed by atoms with Crippen LogP contribution in [0.15, 0.2) is 40.6 Å². The first kappa shape index (κ1) is 11.4. The van der Waals surface area contributed by atoms with Crippen LogP contribution in [0.1, 0.15) is 5.56 Å². The lowest BCUT2D eigenvalue weighted by Gasteiger charge is -2.07. The van der Waals surface area contributed by atoms with Crippen molar-refractivity contribution in [2.24, 2.45) is 0 Å². The minimum absolute atomic E-state index is 0.00201. The fourth-order valence-corrected chi connectivity index (χ4v) is 2.01. The maximum absolute atomic E-state index is 11.3. The van der Waals surface area contributed by atoms with Crippen LogP contribution in [0.3, 0.4) is 0 Å². The van der Waals surface area contributed by atoms with Crippen molar-refractivity contribution in [1.29, 1.82) is 5.26 Å². The average molecular weight is 246 g/mol. The number of benzene rings is 1. The number of nitriles is 1. The predicted octanol–water partition coefficient (Wildman–Crippen LogP) is 1.86. The first-order valence-electron chi connectivity index (χ1n) is 5.07. The molecule has 0 saturated heterocycles. The van der Waals surface area contributed by atoms with Crippen molar-refractivity contribution in [3.05, 3.63) is 51.1 Å². The highest BCUT2D eigenvalue weighted by molar-refractivity contribution is 7.07. The molecule has 0 bridgehead atoms. The Balaban J connectivity index is 1.97. The predicted molar refractivity (Wildman–Crippen MR) is 65.2 cm³/mol. The van der Waals surface area contributed by atoms with Crippen LogP contribution in [0.4, 0.5) is 0 Å². The van der Waals surface area contributed by atoms with E-state index in [1.807, 2.05) is 6.07 Å². The van der Waals surface area contributed by atoms with E-state index < -0.39 is 0 Å². The van der Waals surface area contributed by atoms with Crippen LogP contribution in [0.2, 0.25) is 0 Å². The summed E-state index contributed by atoms with van der Waals surface area (Å²) >= 11 is 1.16. The molecular weight excluding hydrogens is 236 g/mol. The maximum atomic E-state index is 11.3. The van der Waals surface area contributed by atoms with E-state index in [0.717, 1.165) is 11.3 Å². The SMILES string of the molecule is N#Cc1ccccc1OCCn1ccsc1=O. The molecule has 5 heteroatoms. The highest BCUT2D eigenvalue weighted by atomic mass is 32.1. The summed E-state index contributed by atoms with van der Waals surface area (Å²) in [7, 11) is 0. The zero-order chi connectivity index (χ0) is 12.1. The number of aromatic nitrogens is 1. The standard InChI is InChI=1S/C12H10N2O2S/c13-9-10-3-1-2-4-11(10)16-7-5-14-6-8-17-12(14)15/h1-4,6,8H,5,7H2. The molecule has 0 aliphatic carbocycles. The van der Waals surface area contributed by atoms with E-state index in [4.69, 9.17) is 10.00 Å². The number of para-hydroxylation sites is 1. The number of hydrogen-bond acceptors (Lipinski definition) is 4. The van der Waals surface area contributed by atoms with E-state index in [2.05, 4.69) is 6.07 Å². The second-order valence-electron chi connectivity index (χ2n) is 3.32. The second kappa shape index (κ2) is 5.32. The fraction of sp³-hybridized carbons (Fsp3) is 0.167. The van der Waals surface area contributed by atoms with E-state index in [1.54, 1.807) is 34.3 Å². The van der Waals surface area contributed by atoms with Crippen molar-refractivity contribution in [2.75, 3.05) is 6.61 Å². The van der Waals surface area contributed by atoms with E-state index in [9.17, 15) is 4.79 Å². The Labute approximate surface area is 102 Å². The molecule has 0 spiro atoms. The molecule has 1 aromatic heterocycles. The Morgan fingerprint density at radius 3 is 2.94 bits per heavy atom. The van der Waals surface area contributed by atoms with Crippen molar-refractivity contribution < 1.29 is 4.74 Å². The van der Waals surface area contributed by atoms with Gasteiger partial charge in [0.1, 0.15) is 18.4 Å². The summed E-state index contributed by atoms with van der Waals surface area (Å²) in [6.07, 6.45) is 1.73. The van der Waals surface area contributed by atoms with Crippen molar-refractivity contribution >= 4 is 11.3 Å². The first-order valence-corrected chi connectivity index (χ1v) is 5.95. The minimum atomic E-state index is 0.00201. The van der Waals surface area contributed by atoms with Gasteiger partial charge >= 0.3 is 4.87 Å². The Hall–Kier alpha value is -2.06. The van der Waals surface area contributed by atoms with Crippen LogP contribution >= 0.6 is 11.3 Å². The maximum Gasteiger partial charge on any atom is 0.307 e. The summed E-state index contributed by atoms with van der Waals surface area (Å²) in [5.41, 5.74) is 0.505. The van der Waals surface area contributed by atoms with E-state index in [0.29, 0.717) is 24.5 Å². The molecule has 2 aromatic rings. The molecule has 17 heavy (non-hydrogen) atoms. The van der Waals surface area contributed by atoms with Gasteiger partial charge < -0.3 is 9.30 Å². The van der Waals surface area contributed by atoms with Gasteiger partial charge in [0.05, 0.1) is 12.1 Å². The summed E-state index contributed by atoms with van der Waals surface area (Å²) in [4.78, 5) is 11.3. The van der Waals surface area contributed by atoms with Crippen LogP contribution in [0.5, 0.6) is 5.75 Å². The quantitative estimate of drug-likeness (QED) is 0.827. The van der Waals surface area contributed by atoms with Gasteiger partial charge in [0, 0.05) is 11.6 Å². The van der Waals surface area contributed by atoms with Gasteiger partial charge in [0.2, 0.25) is 0 Å². The molecule has 1 heterocycles. The van der Waals surface area contributed by atoms with Gasteiger partial charge in [-0.3, -0.25) is 4.79 Å². The molecule has 0 unspecified atom stereocenters. The fourth-order valence-electron chi connectivity index (χ4n) is 1.40. The summed E-state index contributed by atoms with van der Waals surface area (Å²) in [5, 5.41) is 10.6. The first-order chi connectivity index (χ1) is 8.31. The molecular formula is C12H10N2O2S. The van der Waals surface area contributed by atoms with Gasteiger partial charge in [0.25, 0.3) is 0 Å². The third-order valence-corrected chi connectivity index (χ3v) is 2.94. The van der Waals surface area contributed by atoms with Crippen LogP contribution in [-0.2, 0) is 6.54 Å². The van der Waals surface area contributed by atoms with Gasteiger partial charge in [-0.1, -0.05) is 23.5 Å². The number of rotatable bonds is 4. The number of ether oxygens (including phenoxy) is 1. The monoisotopic (exact) mass is 246 g/mol. The molecule has 0 N–H and O–H groups in total. The van der Waals surface area contributed by atoms with Crippen LogP contribution in [-0.4, -0.2) is 11.2 Å². The minimum Gasteiger partial charge on any atom is -0.490 e. The van der Waals surface area contributed by atoms with Crippen molar-refractivity contribution in [1.82, 2.24) is 4.57 Å². The van der Waals surface area contributed by atoms with Crippen molar-refractivity contribution in [2.45, 2.75) is 6.54 Å². The lowest BCUT2D eigenvalue weighted by Crippen LogP contribution is -2.16. The van der Waals surface area contributed by atoms with Gasteiger partial charge in [-0.15, -0.1) is 0 Å². The van der Waals surface area contributed by atoms with Gasteiger partial charge in [-0.2, -0.15) is 5.26 Å². The topological polar surface area (TPSA) is 55.0 Å². The molecule has 0 amide bonds. The lowest BCUT2D eigenvalue weighted by atomic mass is 10.2.